The largest absolute Gasteiger partial charge is 0.465 e. The number of carbonyl (C=O) groups is 1. The van der Waals surface area contributed by atoms with Crippen molar-refractivity contribution < 1.29 is 14.6 Å². The maximum Gasteiger partial charge on any atom is 0.338 e. The summed E-state index contributed by atoms with van der Waals surface area (Å²) >= 11 is 0. The fourth-order valence-corrected chi connectivity index (χ4v) is 3.04. The quantitative estimate of drug-likeness (QED) is 0.838. The third kappa shape index (κ3) is 4.19. The molecule has 0 amide bonds. The Bertz CT molecular complexity index is 461. The molecule has 1 aliphatic carbocycles. The van der Waals surface area contributed by atoms with Crippen LogP contribution in [0.25, 0.3) is 0 Å². The van der Waals surface area contributed by atoms with Crippen LogP contribution in [0.2, 0.25) is 0 Å². The Kier molecular flexibility index (Phi) is 7.15. The van der Waals surface area contributed by atoms with Gasteiger partial charge in [0.05, 0.1) is 24.8 Å². The molecule has 1 aromatic rings. The fraction of sp³-hybridized carbons (Fsp3) is 0.562. The summed E-state index contributed by atoms with van der Waals surface area (Å²) < 4.78 is 4.78. The van der Waals surface area contributed by atoms with Crippen molar-refractivity contribution >= 4 is 18.4 Å². The van der Waals surface area contributed by atoms with Crippen LogP contribution in [0, 0.1) is 5.92 Å². The number of ether oxygens (including phenoxy) is 1. The molecule has 1 fully saturated rings. The van der Waals surface area contributed by atoms with Crippen LogP contribution >= 0.6 is 12.4 Å². The van der Waals surface area contributed by atoms with Gasteiger partial charge in [-0.05, 0) is 30.4 Å². The Hall–Kier alpha value is -1.10. The van der Waals surface area contributed by atoms with Crippen LogP contribution in [0.3, 0.4) is 0 Å². The van der Waals surface area contributed by atoms with Crippen LogP contribution < -0.4 is 5.73 Å². The first-order valence-corrected chi connectivity index (χ1v) is 7.26. The molecule has 1 aromatic carbocycles. The van der Waals surface area contributed by atoms with Gasteiger partial charge in [0.1, 0.15) is 0 Å². The van der Waals surface area contributed by atoms with Gasteiger partial charge in [0.2, 0.25) is 0 Å². The molecule has 0 aliphatic heterocycles. The van der Waals surface area contributed by atoms with Crippen molar-refractivity contribution in [2.75, 3.05) is 7.11 Å². The minimum Gasteiger partial charge on any atom is -0.465 e. The van der Waals surface area contributed by atoms with Crippen LogP contribution in [0.15, 0.2) is 24.3 Å². The van der Waals surface area contributed by atoms with Gasteiger partial charge in [-0.15, -0.1) is 12.4 Å². The summed E-state index contributed by atoms with van der Waals surface area (Å²) in [5.74, 6) is -0.184. The molecule has 0 saturated heterocycles. The van der Waals surface area contributed by atoms with Crippen LogP contribution in [0.5, 0.6) is 0 Å². The Balaban J connectivity index is 0.00000220. The zero-order valence-electron chi connectivity index (χ0n) is 12.3. The number of aliphatic hydroxyl groups is 1. The van der Waals surface area contributed by atoms with Crippen LogP contribution in [0.4, 0.5) is 0 Å². The Morgan fingerprint density at radius 2 is 1.90 bits per heavy atom. The Labute approximate surface area is 132 Å². The van der Waals surface area contributed by atoms with E-state index in [1.165, 1.54) is 13.5 Å². The SMILES string of the molecule is COC(=O)c1ccccc1[C@H](N)[C@H](O)C1CCCCC1.Cl. The van der Waals surface area contributed by atoms with E-state index in [2.05, 4.69) is 0 Å². The molecule has 0 bridgehead atoms. The third-order valence-corrected chi connectivity index (χ3v) is 4.23. The number of rotatable bonds is 4. The number of methoxy groups -OCH3 is 1. The van der Waals surface area contributed by atoms with Gasteiger partial charge in [0, 0.05) is 0 Å². The number of hydrogen-bond donors (Lipinski definition) is 2. The molecule has 0 radical (unpaired) electrons. The highest BCUT2D eigenvalue weighted by Gasteiger charge is 2.29. The van der Waals surface area contributed by atoms with E-state index in [1.54, 1.807) is 18.2 Å². The summed E-state index contributed by atoms with van der Waals surface area (Å²) in [6.07, 6.45) is 4.93. The van der Waals surface area contributed by atoms with Gasteiger partial charge in [-0.3, -0.25) is 0 Å². The lowest BCUT2D eigenvalue weighted by atomic mass is 9.80. The number of nitrogens with two attached hydrogens (primary N) is 1. The minimum absolute atomic E-state index is 0. The summed E-state index contributed by atoms with van der Waals surface area (Å²) in [5, 5.41) is 10.5. The lowest BCUT2D eigenvalue weighted by Gasteiger charge is -2.31. The number of esters is 1. The first kappa shape index (κ1) is 18.0. The lowest BCUT2D eigenvalue weighted by Crippen LogP contribution is -2.35. The van der Waals surface area contributed by atoms with E-state index in [0.717, 1.165) is 25.7 Å². The fourth-order valence-electron chi connectivity index (χ4n) is 3.04. The Morgan fingerprint density at radius 3 is 2.52 bits per heavy atom. The molecule has 4 nitrogen and oxygen atoms in total. The summed E-state index contributed by atoms with van der Waals surface area (Å²) in [7, 11) is 1.35. The molecular weight excluding hydrogens is 290 g/mol. The number of halogens is 1. The molecule has 2 rings (SSSR count). The molecule has 3 N–H and O–H groups in total. The molecule has 0 spiro atoms. The van der Waals surface area contributed by atoms with E-state index < -0.39 is 18.1 Å². The van der Waals surface area contributed by atoms with Gasteiger partial charge in [0.25, 0.3) is 0 Å². The lowest BCUT2D eigenvalue weighted by molar-refractivity contribution is 0.0563. The van der Waals surface area contributed by atoms with Crippen molar-refractivity contribution in [2.45, 2.75) is 44.2 Å². The van der Waals surface area contributed by atoms with Gasteiger partial charge in [-0.1, -0.05) is 37.5 Å². The monoisotopic (exact) mass is 313 g/mol. The van der Waals surface area contributed by atoms with Crippen LogP contribution in [-0.4, -0.2) is 24.3 Å². The van der Waals surface area contributed by atoms with Crippen molar-refractivity contribution in [1.29, 1.82) is 0 Å². The Morgan fingerprint density at radius 1 is 1.29 bits per heavy atom. The highest BCUT2D eigenvalue weighted by Crippen LogP contribution is 2.32. The molecule has 0 unspecified atom stereocenters. The zero-order chi connectivity index (χ0) is 14.5. The van der Waals surface area contributed by atoms with E-state index in [0.29, 0.717) is 11.1 Å². The maximum atomic E-state index is 11.8. The first-order valence-electron chi connectivity index (χ1n) is 7.26. The van der Waals surface area contributed by atoms with Gasteiger partial charge >= 0.3 is 5.97 Å². The molecular formula is C16H24ClNO3. The number of carbonyl (C=O) groups excluding carboxylic acids is 1. The second kappa shape index (κ2) is 8.37. The zero-order valence-corrected chi connectivity index (χ0v) is 13.1. The summed E-state index contributed by atoms with van der Waals surface area (Å²) in [6.45, 7) is 0. The average Bonchev–Trinajstić information content (AvgIpc) is 2.53. The van der Waals surface area contributed by atoms with Crippen molar-refractivity contribution in [3.63, 3.8) is 0 Å². The molecule has 118 valence electrons. The van der Waals surface area contributed by atoms with Crippen molar-refractivity contribution in [3.05, 3.63) is 35.4 Å². The summed E-state index contributed by atoms with van der Waals surface area (Å²) in [4.78, 5) is 11.8. The standard InChI is InChI=1S/C16H23NO3.ClH/c1-20-16(19)13-10-6-5-9-12(13)14(17)15(18)11-7-3-2-4-8-11;/h5-6,9-11,14-15,18H,2-4,7-8,17H2,1H3;1H/t14-,15+;/m0./s1. The smallest absolute Gasteiger partial charge is 0.338 e. The number of aliphatic hydroxyl groups excluding tert-OH is 1. The van der Waals surface area contributed by atoms with Gasteiger partial charge < -0.3 is 15.6 Å². The summed E-state index contributed by atoms with van der Waals surface area (Å²) in [6, 6.07) is 6.54. The van der Waals surface area contributed by atoms with Crippen molar-refractivity contribution in [2.24, 2.45) is 11.7 Å². The second-order valence-electron chi connectivity index (χ2n) is 5.49. The maximum absolute atomic E-state index is 11.8. The molecule has 1 aliphatic rings. The molecule has 1 saturated carbocycles. The van der Waals surface area contributed by atoms with Gasteiger partial charge in [-0.2, -0.15) is 0 Å². The molecule has 2 atom stereocenters. The van der Waals surface area contributed by atoms with E-state index in [9.17, 15) is 9.90 Å². The molecule has 0 aromatic heterocycles. The topological polar surface area (TPSA) is 72.5 Å². The predicted octanol–water partition coefficient (Wildman–Crippen LogP) is 2.84. The highest BCUT2D eigenvalue weighted by atomic mass is 35.5. The highest BCUT2D eigenvalue weighted by molar-refractivity contribution is 5.91. The first-order chi connectivity index (χ1) is 9.65. The molecule has 21 heavy (non-hydrogen) atoms. The van der Waals surface area contributed by atoms with E-state index in [4.69, 9.17) is 10.5 Å². The normalized spacial score (nSPS) is 18.4. The number of hydrogen-bond acceptors (Lipinski definition) is 4. The van der Waals surface area contributed by atoms with Gasteiger partial charge in [-0.25, -0.2) is 4.79 Å². The molecule has 5 heteroatoms. The average molecular weight is 314 g/mol. The van der Waals surface area contributed by atoms with Crippen LogP contribution in [-0.2, 0) is 4.74 Å². The van der Waals surface area contributed by atoms with E-state index >= 15 is 0 Å². The van der Waals surface area contributed by atoms with Crippen molar-refractivity contribution in [1.82, 2.24) is 0 Å². The molecule has 0 heterocycles. The van der Waals surface area contributed by atoms with E-state index in [1.807, 2.05) is 6.07 Å². The predicted molar refractivity (Wildman–Crippen MR) is 84.5 cm³/mol. The number of benzene rings is 1. The minimum atomic E-state index is -0.610. The second-order valence-corrected chi connectivity index (χ2v) is 5.49. The van der Waals surface area contributed by atoms with Crippen molar-refractivity contribution in [3.8, 4) is 0 Å². The van der Waals surface area contributed by atoms with Gasteiger partial charge in [0.15, 0.2) is 0 Å². The summed E-state index contributed by atoms with van der Waals surface area (Å²) in [5.41, 5.74) is 7.31. The van der Waals surface area contributed by atoms with E-state index in [-0.39, 0.29) is 18.3 Å². The third-order valence-electron chi connectivity index (χ3n) is 4.23. The van der Waals surface area contributed by atoms with Crippen LogP contribution in [0.1, 0.15) is 54.1 Å².